The van der Waals surface area contributed by atoms with E-state index < -0.39 is 41.5 Å². The van der Waals surface area contributed by atoms with E-state index in [2.05, 4.69) is 39.7 Å². The lowest BCUT2D eigenvalue weighted by Gasteiger charge is -2.35. The van der Waals surface area contributed by atoms with Gasteiger partial charge in [0.05, 0.1) is 46.8 Å². The molecule has 1 fully saturated rings. The number of carboxylic acid groups (broad SMARTS) is 1. The van der Waals surface area contributed by atoms with Crippen molar-refractivity contribution in [1.29, 1.82) is 0 Å². The molecular formula is C50H54N8O6S2. The number of thiazole rings is 1. The number of rotatable bonds is 12. The molecule has 2 aliphatic heterocycles. The van der Waals surface area contributed by atoms with Gasteiger partial charge >= 0.3 is 5.97 Å². The Hall–Kier alpha value is -6.36. The first kappa shape index (κ1) is 46.2. The van der Waals surface area contributed by atoms with Gasteiger partial charge in [-0.05, 0) is 73.4 Å². The van der Waals surface area contributed by atoms with Gasteiger partial charge in [-0.2, -0.15) is 0 Å². The monoisotopic (exact) mass is 926 g/mol. The number of fused-ring (bicyclic) bond motifs is 3. The number of aliphatic hydroxyl groups excluding tert-OH is 1. The molecule has 6 aromatic rings. The Balaban J connectivity index is 0.930. The normalized spacial score (nSPS) is 17.9. The molecule has 16 heteroatoms. The standard InChI is InChI=1S/C50H54N8O6S2/c1-26-29(4)66-49-42(26)43(53-38(23-41(61)62)46-56-55-30(5)58(46)49)35-17-15-34(16-18-35)33-11-9-31(10-12-33)21-40(60)54-45(50(6,7)8)48(64)57-24-37(59)22-39(57)47(63)52-27(2)32-13-19-36(20-14-32)44-28(3)51-25-65-44/h9-20,25,27,37-39,45,59H,21-24H2,1-8H3,(H,52,63)(H,54,60)(H,61,62)/t27-,37+,38-,39-,45+/m0/s1. The first-order chi connectivity index (χ1) is 31.4. The zero-order valence-electron chi connectivity index (χ0n) is 38.2. The van der Waals surface area contributed by atoms with Crippen LogP contribution in [0.2, 0.25) is 0 Å². The van der Waals surface area contributed by atoms with Crippen molar-refractivity contribution in [2.24, 2.45) is 10.4 Å². The zero-order chi connectivity index (χ0) is 47.2. The van der Waals surface area contributed by atoms with E-state index in [0.717, 1.165) is 65.0 Å². The number of aryl methyl sites for hydroxylation is 3. The molecule has 5 heterocycles. The summed E-state index contributed by atoms with van der Waals surface area (Å²) in [5.41, 5.74) is 10.2. The van der Waals surface area contributed by atoms with Crippen molar-refractivity contribution in [2.45, 2.75) is 105 Å². The molecule has 0 aliphatic carbocycles. The van der Waals surface area contributed by atoms with E-state index in [4.69, 9.17) is 4.99 Å². The molecule has 3 aromatic carbocycles. The Labute approximate surface area is 391 Å². The van der Waals surface area contributed by atoms with Crippen molar-refractivity contribution in [2.75, 3.05) is 6.54 Å². The second-order valence-electron chi connectivity index (χ2n) is 18.3. The van der Waals surface area contributed by atoms with Crippen LogP contribution in [0.3, 0.4) is 0 Å². The fourth-order valence-electron chi connectivity index (χ4n) is 8.74. The summed E-state index contributed by atoms with van der Waals surface area (Å²) >= 11 is 3.19. The molecule has 0 bridgehead atoms. The van der Waals surface area contributed by atoms with Crippen LogP contribution in [-0.4, -0.2) is 89.0 Å². The van der Waals surface area contributed by atoms with E-state index >= 15 is 0 Å². The third-order valence-electron chi connectivity index (χ3n) is 12.5. The fraction of sp³-hybridized carbons (Fsp3) is 0.360. The molecule has 1 saturated heterocycles. The molecule has 66 heavy (non-hydrogen) atoms. The van der Waals surface area contributed by atoms with Crippen molar-refractivity contribution in [1.82, 2.24) is 35.3 Å². The number of carbonyl (C=O) groups is 4. The number of amides is 3. The Morgan fingerprint density at radius 2 is 1.50 bits per heavy atom. The smallest absolute Gasteiger partial charge is 0.306 e. The van der Waals surface area contributed by atoms with Crippen molar-refractivity contribution < 1.29 is 29.4 Å². The van der Waals surface area contributed by atoms with Gasteiger partial charge in [-0.15, -0.1) is 32.9 Å². The quantitative estimate of drug-likeness (QED) is 0.0956. The van der Waals surface area contributed by atoms with Gasteiger partial charge in [0, 0.05) is 29.0 Å². The largest absolute Gasteiger partial charge is 0.481 e. The number of aromatic nitrogens is 4. The van der Waals surface area contributed by atoms with E-state index in [9.17, 15) is 29.4 Å². The molecule has 3 aromatic heterocycles. The second kappa shape index (κ2) is 18.5. The van der Waals surface area contributed by atoms with Crippen molar-refractivity contribution in [3.8, 4) is 26.6 Å². The van der Waals surface area contributed by atoms with Crippen LogP contribution >= 0.6 is 22.7 Å². The molecule has 4 N–H and O–H groups in total. The number of hydrogen-bond donors (Lipinski definition) is 4. The summed E-state index contributed by atoms with van der Waals surface area (Å²) in [4.78, 5) is 66.7. The third-order valence-corrected chi connectivity index (χ3v) is 14.6. The topological polar surface area (TPSA) is 192 Å². The Morgan fingerprint density at radius 3 is 2.12 bits per heavy atom. The van der Waals surface area contributed by atoms with Gasteiger partial charge in [-0.1, -0.05) is 93.6 Å². The SMILES string of the molecule is Cc1ncsc1-c1ccc([C@H](C)NC(=O)[C@@H]2C[C@@H](O)CN2C(=O)[C@@H](NC(=O)Cc2ccc(-c3ccc(C4=N[C@@H](CC(=O)O)c5nnc(C)n5-c5sc(C)c(C)c54)cc3)cc2)C(C)(C)C)cc1. The summed E-state index contributed by atoms with van der Waals surface area (Å²) in [5, 5.41) is 36.1. The molecule has 0 saturated carbocycles. The van der Waals surface area contributed by atoms with E-state index in [1.165, 1.54) is 4.90 Å². The Morgan fingerprint density at radius 1 is 0.864 bits per heavy atom. The average molecular weight is 927 g/mol. The summed E-state index contributed by atoms with van der Waals surface area (Å²) in [6, 6.07) is 20.7. The first-order valence-corrected chi connectivity index (χ1v) is 23.7. The number of carbonyl (C=O) groups excluding carboxylic acids is 3. The van der Waals surface area contributed by atoms with Crippen LogP contribution in [0.5, 0.6) is 0 Å². The number of thiophene rings is 1. The van der Waals surface area contributed by atoms with Crippen LogP contribution in [0, 0.1) is 33.1 Å². The van der Waals surface area contributed by atoms with Crippen LogP contribution < -0.4 is 10.6 Å². The molecule has 3 amide bonds. The number of likely N-dealkylation sites (tertiary alicyclic amines) is 1. The minimum atomic E-state index is -0.975. The van der Waals surface area contributed by atoms with Gasteiger partial charge in [-0.3, -0.25) is 28.7 Å². The van der Waals surface area contributed by atoms with Crippen molar-refractivity contribution in [3.63, 3.8) is 0 Å². The van der Waals surface area contributed by atoms with Crippen LogP contribution in [0.25, 0.3) is 26.6 Å². The van der Waals surface area contributed by atoms with E-state index in [1.54, 1.807) is 22.7 Å². The fourth-order valence-corrected chi connectivity index (χ4v) is 10.8. The maximum atomic E-state index is 14.3. The molecule has 0 unspecified atom stereocenters. The van der Waals surface area contributed by atoms with Crippen molar-refractivity contribution >= 4 is 52.1 Å². The van der Waals surface area contributed by atoms with Gasteiger partial charge in [0.25, 0.3) is 0 Å². The molecule has 8 rings (SSSR count). The van der Waals surface area contributed by atoms with Crippen LogP contribution in [0.15, 0.2) is 83.3 Å². The molecule has 0 spiro atoms. The number of benzene rings is 3. The minimum Gasteiger partial charge on any atom is -0.481 e. The summed E-state index contributed by atoms with van der Waals surface area (Å²) in [5.74, 6) is -0.934. The highest BCUT2D eigenvalue weighted by molar-refractivity contribution is 7.15. The highest BCUT2D eigenvalue weighted by Crippen LogP contribution is 2.40. The van der Waals surface area contributed by atoms with Crippen molar-refractivity contribution in [3.05, 3.63) is 128 Å². The number of aliphatic carboxylic acids is 1. The number of hydrogen-bond acceptors (Lipinski definition) is 11. The van der Waals surface area contributed by atoms with Gasteiger partial charge < -0.3 is 25.7 Å². The molecular weight excluding hydrogens is 873 g/mol. The minimum absolute atomic E-state index is 0.0177. The Bertz CT molecular complexity index is 2840. The van der Waals surface area contributed by atoms with E-state index in [-0.39, 0.29) is 43.7 Å². The number of carboxylic acids is 1. The average Bonchev–Trinajstić information content (AvgIpc) is 4.04. The molecule has 342 valence electrons. The first-order valence-electron chi connectivity index (χ1n) is 22.0. The van der Waals surface area contributed by atoms with Gasteiger partial charge in [0.15, 0.2) is 5.82 Å². The molecule has 2 aliphatic rings. The molecule has 14 nitrogen and oxygen atoms in total. The number of nitrogens with zero attached hydrogens (tertiary/aromatic N) is 6. The lowest BCUT2D eigenvalue weighted by molar-refractivity contribution is -0.144. The second-order valence-corrected chi connectivity index (χ2v) is 20.4. The number of nitrogens with one attached hydrogen (secondary N) is 2. The number of aliphatic imine (C=N–C) groups is 1. The van der Waals surface area contributed by atoms with Crippen LogP contribution in [0.1, 0.15) is 103 Å². The molecule has 5 atom stereocenters. The van der Waals surface area contributed by atoms with E-state index in [1.807, 2.05) is 124 Å². The predicted octanol–water partition coefficient (Wildman–Crippen LogP) is 7.63. The summed E-state index contributed by atoms with van der Waals surface area (Å²) < 4.78 is 1.94. The lowest BCUT2D eigenvalue weighted by Crippen LogP contribution is -2.58. The lowest BCUT2D eigenvalue weighted by atomic mass is 9.85. The Kier molecular flexibility index (Phi) is 12.9. The summed E-state index contributed by atoms with van der Waals surface area (Å²) in [6.07, 6.45) is -0.993. The highest BCUT2D eigenvalue weighted by atomic mass is 32.1. The maximum Gasteiger partial charge on any atom is 0.306 e. The third kappa shape index (κ3) is 9.35. The summed E-state index contributed by atoms with van der Waals surface area (Å²) in [7, 11) is 0. The van der Waals surface area contributed by atoms with Gasteiger partial charge in [0.1, 0.15) is 29.0 Å². The van der Waals surface area contributed by atoms with E-state index in [0.29, 0.717) is 17.4 Å². The van der Waals surface area contributed by atoms with Crippen LogP contribution in [-0.2, 0) is 25.6 Å². The summed E-state index contributed by atoms with van der Waals surface area (Å²) in [6.45, 7) is 15.4. The van der Waals surface area contributed by atoms with Gasteiger partial charge in [0.2, 0.25) is 17.7 Å². The number of aliphatic hydroxyl groups is 1. The molecule has 0 radical (unpaired) electrons. The maximum absolute atomic E-state index is 14.3. The van der Waals surface area contributed by atoms with Gasteiger partial charge in [-0.25, -0.2) is 4.98 Å². The zero-order valence-corrected chi connectivity index (χ0v) is 39.9. The highest BCUT2D eigenvalue weighted by Gasteiger charge is 2.45. The van der Waals surface area contributed by atoms with Crippen LogP contribution in [0.4, 0.5) is 0 Å². The number of β-amino-alcohol motifs (C(OH)–C–C–N with tert-alkyl or cyclic N) is 1. The predicted molar refractivity (Wildman–Crippen MR) is 256 cm³/mol.